The summed E-state index contributed by atoms with van der Waals surface area (Å²) in [7, 11) is 0. The monoisotopic (exact) mass is 429 g/mol. The number of hydrogen-bond donors (Lipinski definition) is 2. The van der Waals surface area contributed by atoms with Crippen molar-refractivity contribution in [2.24, 2.45) is 58.2 Å². The van der Waals surface area contributed by atoms with E-state index >= 15 is 0 Å². The summed E-state index contributed by atoms with van der Waals surface area (Å²) in [5.41, 5.74) is 0.400. The van der Waals surface area contributed by atoms with Crippen LogP contribution in [0.2, 0.25) is 0 Å². The Kier molecular flexibility index (Phi) is 4.97. The van der Waals surface area contributed by atoms with E-state index in [4.69, 9.17) is 0 Å². The molecule has 3 heteroatoms. The Morgan fingerprint density at radius 2 is 1.58 bits per heavy atom. The second kappa shape index (κ2) is 7.19. The van der Waals surface area contributed by atoms with Crippen LogP contribution < -0.4 is 0 Å². The quantitative estimate of drug-likeness (QED) is 0.572. The molecule has 6 fully saturated rings. The van der Waals surface area contributed by atoms with Crippen molar-refractivity contribution in [1.82, 2.24) is 4.90 Å². The predicted molar refractivity (Wildman–Crippen MR) is 124 cm³/mol. The molecule has 4 saturated carbocycles. The Labute approximate surface area is 190 Å². The van der Waals surface area contributed by atoms with Crippen LogP contribution in [0.25, 0.3) is 0 Å². The fourth-order valence-electron chi connectivity index (χ4n) is 11.0. The summed E-state index contributed by atoms with van der Waals surface area (Å²) in [6.45, 7) is 12.7. The van der Waals surface area contributed by atoms with Crippen LogP contribution in [0.15, 0.2) is 0 Å². The van der Waals surface area contributed by atoms with Gasteiger partial charge in [0.15, 0.2) is 0 Å². The minimum absolute atomic E-state index is 0.103. The number of hydrogen-bond acceptors (Lipinski definition) is 3. The van der Waals surface area contributed by atoms with Crippen molar-refractivity contribution < 1.29 is 10.2 Å². The van der Waals surface area contributed by atoms with Gasteiger partial charge in [-0.2, -0.15) is 0 Å². The molecule has 2 heterocycles. The molecule has 0 aromatic carbocycles. The molecule has 2 saturated heterocycles. The molecule has 31 heavy (non-hydrogen) atoms. The molecule has 2 aliphatic heterocycles. The van der Waals surface area contributed by atoms with E-state index in [0.29, 0.717) is 17.3 Å². The van der Waals surface area contributed by atoms with Gasteiger partial charge in [0.1, 0.15) is 0 Å². The van der Waals surface area contributed by atoms with E-state index in [9.17, 15) is 10.2 Å². The molecule has 176 valence electrons. The van der Waals surface area contributed by atoms with E-state index in [1.54, 1.807) is 0 Å². The van der Waals surface area contributed by atoms with Gasteiger partial charge in [-0.3, -0.25) is 4.90 Å². The first-order valence-electron chi connectivity index (χ1n) is 13.8. The van der Waals surface area contributed by atoms with E-state index in [1.807, 2.05) is 0 Å². The molecule has 0 spiro atoms. The van der Waals surface area contributed by atoms with Gasteiger partial charge in [0, 0.05) is 19.1 Å². The fraction of sp³-hybridized carbons (Fsp3) is 1.00. The Morgan fingerprint density at radius 3 is 2.39 bits per heavy atom. The Morgan fingerprint density at radius 1 is 0.806 bits per heavy atom. The van der Waals surface area contributed by atoms with Crippen LogP contribution in [0.1, 0.15) is 85.5 Å². The lowest BCUT2D eigenvalue weighted by Gasteiger charge is -2.61. The highest BCUT2D eigenvalue weighted by atomic mass is 16.3. The van der Waals surface area contributed by atoms with Gasteiger partial charge in [0.25, 0.3) is 0 Å². The predicted octanol–water partition coefficient (Wildman–Crippen LogP) is 4.95. The molecular formula is C28H47NO2. The first-order chi connectivity index (χ1) is 14.7. The second-order valence-corrected chi connectivity index (χ2v) is 13.9. The molecule has 4 aliphatic carbocycles. The molecule has 2 N–H and O–H groups in total. The Bertz CT molecular complexity index is 709. The summed E-state index contributed by atoms with van der Waals surface area (Å²) >= 11 is 0. The maximum Gasteiger partial charge on any atom is 0.0579 e. The van der Waals surface area contributed by atoms with Crippen LogP contribution >= 0.6 is 0 Å². The van der Waals surface area contributed by atoms with Gasteiger partial charge in [-0.05, 0) is 116 Å². The third-order valence-electron chi connectivity index (χ3n) is 12.7. The highest BCUT2D eigenvalue weighted by Gasteiger charge is 2.66. The minimum Gasteiger partial charge on any atom is -0.393 e. The highest BCUT2D eigenvalue weighted by molar-refractivity contribution is 5.15. The molecular weight excluding hydrogens is 382 g/mol. The molecule has 6 aliphatic rings. The van der Waals surface area contributed by atoms with Gasteiger partial charge in [-0.1, -0.05) is 27.7 Å². The number of fused-ring (bicyclic) bond motifs is 8. The van der Waals surface area contributed by atoms with Crippen LogP contribution in [0.3, 0.4) is 0 Å². The summed E-state index contributed by atoms with van der Waals surface area (Å²) in [4.78, 5) is 2.91. The fourth-order valence-corrected chi connectivity index (χ4v) is 11.0. The minimum atomic E-state index is -0.160. The molecule has 0 amide bonds. The summed E-state index contributed by atoms with van der Waals surface area (Å²) in [6.07, 6.45) is 10.6. The van der Waals surface area contributed by atoms with Crippen LogP contribution in [0.4, 0.5) is 0 Å². The van der Waals surface area contributed by atoms with Gasteiger partial charge < -0.3 is 10.2 Å². The van der Waals surface area contributed by atoms with Crippen molar-refractivity contribution in [3.63, 3.8) is 0 Å². The number of aliphatic hydroxyl groups is 2. The standard InChI is InChI=1S/C28H47NO2/c1-16-5-8-24-17(2)19-6-7-20-21(22(19)15-29(24)14-16)11-23-26(20)25(31)13-27(3)12-18(30)9-10-28(23,27)4/h16-26,30-31H,5-15H2,1-4H3. The third kappa shape index (κ3) is 2.94. The van der Waals surface area contributed by atoms with Crippen LogP contribution in [-0.2, 0) is 0 Å². The average molecular weight is 430 g/mol. The van der Waals surface area contributed by atoms with E-state index in [1.165, 1.54) is 45.2 Å². The Hall–Kier alpha value is -0.120. The van der Waals surface area contributed by atoms with Gasteiger partial charge >= 0.3 is 0 Å². The van der Waals surface area contributed by atoms with Gasteiger partial charge in [0.05, 0.1) is 12.2 Å². The molecule has 0 aromatic heterocycles. The zero-order valence-corrected chi connectivity index (χ0v) is 20.5. The van der Waals surface area contributed by atoms with Crippen LogP contribution in [0.5, 0.6) is 0 Å². The number of nitrogens with zero attached hydrogens (tertiary/aromatic N) is 1. The lowest BCUT2D eigenvalue weighted by atomic mass is 9.44. The summed E-state index contributed by atoms with van der Waals surface area (Å²) < 4.78 is 0. The maximum absolute atomic E-state index is 11.5. The normalized spacial score (nSPS) is 61.5. The number of aliphatic hydroxyl groups excluding tert-OH is 2. The summed E-state index contributed by atoms with van der Waals surface area (Å²) in [6, 6.07) is 0.837. The molecule has 6 rings (SSSR count). The SMILES string of the molecule is CC1CCC2C(C)C3CCC4C(CC5C4C(O)CC4(C)CC(O)CCC54C)C3CN2C1. The van der Waals surface area contributed by atoms with Crippen molar-refractivity contribution in [2.45, 2.75) is 104 Å². The van der Waals surface area contributed by atoms with E-state index in [2.05, 4.69) is 32.6 Å². The van der Waals surface area contributed by atoms with Crippen molar-refractivity contribution in [3.8, 4) is 0 Å². The topological polar surface area (TPSA) is 43.7 Å². The zero-order chi connectivity index (χ0) is 21.7. The maximum atomic E-state index is 11.5. The lowest BCUT2D eigenvalue weighted by Crippen LogP contribution is -2.59. The molecule has 0 aromatic rings. The Balaban J connectivity index is 1.31. The van der Waals surface area contributed by atoms with Gasteiger partial charge in [-0.25, -0.2) is 0 Å². The van der Waals surface area contributed by atoms with Crippen molar-refractivity contribution >= 4 is 0 Å². The van der Waals surface area contributed by atoms with Crippen LogP contribution in [0, 0.1) is 58.2 Å². The van der Waals surface area contributed by atoms with Gasteiger partial charge in [-0.15, -0.1) is 0 Å². The molecule has 0 bridgehead atoms. The number of piperidine rings is 2. The average Bonchev–Trinajstić information content (AvgIpc) is 3.11. The van der Waals surface area contributed by atoms with Crippen LogP contribution in [-0.4, -0.2) is 46.5 Å². The molecule has 3 nitrogen and oxygen atoms in total. The van der Waals surface area contributed by atoms with Crippen molar-refractivity contribution in [3.05, 3.63) is 0 Å². The molecule has 13 atom stereocenters. The summed E-state index contributed by atoms with van der Waals surface area (Å²) in [5.74, 6) is 6.25. The van der Waals surface area contributed by atoms with Gasteiger partial charge in [0.2, 0.25) is 0 Å². The van der Waals surface area contributed by atoms with Crippen molar-refractivity contribution in [2.75, 3.05) is 13.1 Å². The first kappa shape index (κ1) is 21.4. The molecule has 0 radical (unpaired) electrons. The lowest BCUT2D eigenvalue weighted by molar-refractivity contribution is -0.169. The summed E-state index contributed by atoms with van der Waals surface area (Å²) in [5, 5.41) is 22.0. The van der Waals surface area contributed by atoms with E-state index in [0.717, 1.165) is 67.2 Å². The van der Waals surface area contributed by atoms with E-state index in [-0.39, 0.29) is 17.6 Å². The second-order valence-electron chi connectivity index (χ2n) is 13.9. The largest absolute Gasteiger partial charge is 0.393 e. The van der Waals surface area contributed by atoms with E-state index < -0.39 is 0 Å². The first-order valence-corrected chi connectivity index (χ1v) is 13.8. The highest BCUT2D eigenvalue weighted by Crippen LogP contribution is 2.70. The smallest absolute Gasteiger partial charge is 0.0579 e. The number of rotatable bonds is 0. The molecule has 13 unspecified atom stereocenters. The van der Waals surface area contributed by atoms with Crippen molar-refractivity contribution in [1.29, 1.82) is 0 Å². The third-order valence-corrected chi connectivity index (χ3v) is 12.7. The zero-order valence-electron chi connectivity index (χ0n) is 20.5.